The van der Waals surface area contributed by atoms with Gasteiger partial charge in [-0.05, 0) is 36.6 Å². The molecule has 2 atom stereocenters. The lowest BCUT2D eigenvalue weighted by atomic mass is 9.93. The SMILES string of the molecule is Cc1ccc([C@@H]2C[C@@H](c3ccc(N(C)C)cc3)Nc3ncnn32)cc1. The molecular formula is C20H23N5. The first-order chi connectivity index (χ1) is 12.1. The minimum Gasteiger partial charge on any atom is -0.378 e. The molecule has 2 heterocycles. The van der Waals surface area contributed by atoms with Gasteiger partial charge in [0.15, 0.2) is 0 Å². The van der Waals surface area contributed by atoms with E-state index >= 15 is 0 Å². The minimum absolute atomic E-state index is 0.192. The van der Waals surface area contributed by atoms with Crippen molar-refractivity contribution in [1.29, 1.82) is 0 Å². The molecule has 128 valence electrons. The third-order valence-corrected chi connectivity index (χ3v) is 4.90. The third kappa shape index (κ3) is 2.97. The fourth-order valence-corrected chi connectivity index (χ4v) is 3.41. The molecule has 0 bridgehead atoms. The normalized spacial score (nSPS) is 19.2. The Bertz CT molecular complexity index is 849. The highest BCUT2D eigenvalue weighted by molar-refractivity contribution is 5.48. The van der Waals surface area contributed by atoms with E-state index in [1.165, 1.54) is 22.4 Å². The van der Waals surface area contributed by atoms with E-state index in [-0.39, 0.29) is 12.1 Å². The summed E-state index contributed by atoms with van der Waals surface area (Å²) in [4.78, 5) is 6.52. The van der Waals surface area contributed by atoms with Gasteiger partial charge in [-0.2, -0.15) is 10.1 Å². The predicted molar refractivity (Wildman–Crippen MR) is 101 cm³/mol. The molecule has 0 radical (unpaired) electrons. The summed E-state index contributed by atoms with van der Waals surface area (Å²) in [6, 6.07) is 17.9. The van der Waals surface area contributed by atoms with Gasteiger partial charge in [-0.25, -0.2) is 4.68 Å². The standard InChI is InChI=1S/C20H23N5/c1-14-4-6-16(7-5-14)19-12-18(23-20-21-13-22-25(19)20)15-8-10-17(11-9-15)24(2)3/h4-11,13,18-19H,12H2,1-3H3,(H,21,22,23)/t18-,19-/m0/s1. The average Bonchev–Trinajstić information content (AvgIpc) is 3.10. The number of benzene rings is 2. The van der Waals surface area contributed by atoms with Crippen molar-refractivity contribution in [1.82, 2.24) is 14.8 Å². The van der Waals surface area contributed by atoms with Crippen LogP contribution in [0.5, 0.6) is 0 Å². The summed E-state index contributed by atoms with van der Waals surface area (Å²) in [5, 5.41) is 7.97. The van der Waals surface area contributed by atoms with Crippen molar-refractivity contribution in [3.05, 3.63) is 71.5 Å². The number of hydrogen-bond acceptors (Lipinski definition) is 4. The number of aryl methyl sites for hydroxylation is 1. The molecule has 0 saturated heterocycles. The fourth-order valence-electron chi connectivity index (χ4n) is 3.41. The Morgan fingerprint density at radius 2 is 1.68 bits per heavy atom. The van der Waals surface area contributed by atoms with Gasteiger partial charge in [0.25, 0.3) is 0 Å². The smallest absolute Gasteiger partial charge is 0.222 e. The molecule has 0 saturated carbocycles. The number of anilines is 2. The van der Waals surface area contributed by atoms with Crippen LogP contribution in [0.4, 0.5) is 11.6 Å². The molecule has 5 heteroatoms. The monoisotopic (exact) mass is 333 g/mol. The molecule has 1 aliphatic rings. The summed E-state index contributed by atoms with van der Waals surface area (Å²) in [5.74, 6) is 0.832. The Labute approximate surface area is 148 Å². The van der Waals surface area contributed by atoms with Crippen molar-refractivity contribution in [2.45, 2.75) is 25.4 Å². The van der Waals surface area contributed by atoms with E-state index < -0.39 is 0 Å². The molecule has 3 aromatic rings. The lowest BCUT2D eigenvalue weighted by Gasteiger charge is -2.32. The van der Waals surface area contributed by atoms with Gasteiger partial charge in [-0.15, -0.1) is 0 Å². The van der Waals surface area contributed by atoms with Gasteiger partial charge in [0.2, 0.25) is 5.95 Å². The molecule has 4 rings (SSSR count). The molecule has 0 unspecified atom stereocenters. The molecular weight excluding hydrogens is 310 g/mol. The Balaban J connectivity index is 1.67. The molecule has 1 aliphatic heterocycles. The number of nitrogens with zero attached hydrogens (tertiary/aromatic N) is 4. The molecule has 25 heavy (non-hydrogen) atoms. The third-order valence-electron chi connectivity index (χ3n) is 4.90. The van der Waals surface area contributed by atoms with Gasteiger partial charge < -0.3 is 10.2 Å². The van der Waals surface area contributed by atoms with E-state index in [9.17, 15) is 0 Å². The van der Waals surface area contributed by atoms with Crippen molar-refractivity contribution < 1.29 is 0 Å². The van der Waals surface area contributed by atoms with Crippen molar-refractivity contribution in [2.75, 3.05) is 24.3 Å². The Kier molecular flexibility index (Phi) is 3.92. The van der Waals surface area contributed by atoms with Crippen molar-refractivity contribution in [3.8, 4) is 0 Å². The molecule has 0 aliphatic carbocycles. The van der Waals surface area contributed by atoms with Crippen LogP contribution in [-0.4, -0.2) is 28.9 Å². The molecule has 1 aromatic heterocycles. The summed E-state index contributed by atoms with van der Waals surface area (Å²) in [7, 11) is 4.12. The molecule has 0 amide bonds. The predicted octanol–water partition coefficient (Wildman–Crippen LogP) is 3.80. The first kappa shape index (κ1) is 15.7. The van der Waals surface area contributed by atoms with Crippen LogP contribution in [0.15, 0.2) is 54.9 Å². The van der Waals surface area contributed by atoms with Crippen LogP contribution in [-0.2, 0) is 0 Å². The second kappa shape index (κ2) is 6.24. The van der Waals surface area contributed by atoms with Crippen molar-refractivity contribution in [3.63, 3.8) is 0 Å². The largest absolute Gasteiger partial charge is 0.378 e. The van der Waals surface area contributed by atoms with E-state index in [4.69, 9.17) is 0 Å². The summed E-state index contributed by atoms with van der Waals surface area (Å²) in [5.41, 5.74) is 5.02. The highest BCUT2D eigenvalue weighted by Gasteiger charge is 2.29. The minimum atomic E-state index is 0.192. The number of hydrogen-bond donors (Lipinski definition) is 1. The number of rotatable bonds is 3. The van der Waals surface area contributed by atoms with E-state index in [1.54, 1.807) is 6.33 Å². The van der Waals surface area contributed by atoms with Gasteiger partial charge in [0, 0.05) is 19.8 Å². The van der Waals surface area contributed by atoms with Gasteiger partial charge in [0.1, 0.15) is 6.33 Å². The quantitative estimate of drug-likeness (QED) is 0.792. The maximum atomic E-state index is 4.44. The van der Waals surface area contributed by atoms with Crippen LogP contribution in [0, 0.1) is 6.92 Å². The maximum absolute atomic E-state index is 4.44. The zero-order chi connectivity index (χ0) is 17.4. The highest BCUT2D eigenvalue weighted by Crippen LogP contribution is 2.37. The van der Waals surface area contributed by atoms with Crippen LogP contribution < -0.4 is 10.2 Å². The summed E-state index contributed by atoms with van der Waals surface area (Å²) < 4.78 is 2.00. The molecule has 0 fully saturated rings. The van der Waals surface area contributed by atoms with E-state index in [2.05, 4.69) is 89.8 Å². The number of nitrogens with one attached hydrogen (secondary N) is 1. The van der Waals surface area contributed by atoms with E-state index in [0.29, 0.717) is 0 Å². The van der Waals surface area contributed by atoms with Gasteiger partial charge >= 0.3 is 0 Å². The highest BCUT2D eigenvalue weighted by atomic mass is 15.4. The Morgan fingerprint density at radius 1 is 1.00 bits per heavy atom. The van der Waals surface area contributed by atoms with Crippen molar-refractivity contribution in [2.24, 2.45) is 0 Å². The van der Waals surface area contributed by atoms with Gasteiger partial charge in [-0.1, -0.05) is 42.0 Å². The Morgan fingerprint density at radius 3 is 2.36 bits per heavy atom. The summed E-state index contributed by atoms with van der Waals surface area (Å²) >= 11 is 0. The lowest BCUT2D eigenvalue weighted by Crippen LogP contribution is -2.28. The summed E-state index contributed by atoms with van der Waals surface area (Å²) in [6.07, 6.45) is 2.57. The molecule has 2 aromatic carbocycles. The number of aromatic nitrogens is 3. The molecule has 1 N–H and O–H groups in total. The topological polar surface area (TPSA) is 46.0 Å². The fraction of sp³-hybridized carbons (Fsp3) is 0.300. The maximum Gasteiger partial charge on any atom is 0.222 e. The van der Waals surface area contributed by atoms with Crippen LogP contribution in [0.3, 0.4) is 0 Å². The zero-order valence-electron chi connectivity index (χ0n) is 14.8. The van der Waals surface area contributed by atoms with Gasteiger partial charge in [-0.3, -0.25) is 0 Å². The molecule has 5 nitrogen and oxygen atoms in total. The lowest BCUT2D eigenvalue weighted by molar-refractivity contribution is 0.431. The number of fused-ring (bicyclic) bond motifs is 1. The average molecular weight is 333 g/mol. The van der Waals surface area contributed by atoms with E-state index in [0.717, 1.165) is 12.4 Å². The van der Waals surface area contributed by atoms with Crippen LogP contribution in [0.1, 0.15) is 35.2 Å². The zero-order valence-corrected chi connectivity index (χ0v) is 14.8. The second-order valence-electron chi connectivity index (χ2n) is 6.87. The van der Waals surface area contributed by atoms with Crippen LogP contribution >= 0.6 is 0 Å². The second-order valence-corrected chi connectivity index (χ2v) is 6.87. The first-order valence-corrected chi connectivity index (χ1v) is 8.62. The Hall–Kier alpha value is -2.82. The van der Waals surface area contributed by atoms with Gasteiger partial charge in [0.05, 0.1) is 12.1 Å². The molecule has 0 spiro atoms. The van der Waals surface area contributed by atoms with Crippen LogP contribution in [0.2, 0.25) is 0 Å². The van der Waals surface area contributed by atoms with E-state index in [1.807, 2.05) is 4.68 Å². The first-order valence-electron chi connectivity index (χ1n) is 8.62. The van der Waals surface area contributed by atoms with Crippen LogP contribution in [0.25, 0.3) is 0 Å². The summed E-state index contributed by atoms with van der Waals surface area (Å²) in [6.45, 7) is 2.11. The van der Waals surface area contributed by atoms with Crippen molar-refractivity contribution >= 4 is 11.6 Å².